The number of hydrogen-bond acceptors (Lipinski definition) is 5. The summed E-state index contributed by atoms with van der Waals surface area (Å²) in [6.45, 7) is 1.10. The van der Waals surface area contributed by atoms with Crippen molar-refractivity contribution in [3.05, 3.63) is 29.8 Å². The third kappa shape index (κ3) is 4.36. The van der Waals surface area contributed by atoms with Crippen molar-refractivity contribution in [2.45, 2.75) is 37.5 Å². The van der Waals surface area contributed by atoms with Crippen molar-refractivity contribution >= 4 is 6.09 Å². The number of hydrogen-bond donors (Lipinski definition) is 3. The van der Waals surface area contributed by atoms with Gasteiger partial charge in [0.1, 0.15) is 18.0 Å². The minimum Gasteiger partial charge on any atom is -0.497 e. The minimum atomic E-state index is -0.676. The van der Waals surface area contributed by atoms with E-state index in [1.165, 1.54) is 12.8 Å². The lowest BCUT2D eigenvalue weighted by Gasteiger charge is -2.22. The van der Waals surface area contributed by atoms with Crippen molar-refractivity contribution in [3.63, 3.8) is 0 Å². The Balaban J connectivity index is 1.54. The molecule has 126 valence electrons. The molecule has 2 aliphatic rings. The van der Waals surface area contributed by atoms with Crippen molar-refractivity contribution in [1.29, 1.82) is 0 Å². The molecule has 1 aliphatic heterocycles. The fourth-order valence-corrected chi connectivity index (χ4v) is 2.85. The van der Waals surface area contributed by atoms with Crippen LogP contribution < -0.4 is 15.4 Å². The number of β-amino-alcohol motifs (C(OH)–C–C–N with tert-alkyl or cyclic N) is 1. The number of benzene rings is 1. The van der Waals surface area contributed by atoms with Crippen LogP contribution in [-0.2, 0) is 11.2 Å². The third-order valence-corrected chi connectivity index (χ3v) is 4.45. The molecule has 2 fully saturated rings. The largest absolute Gasteiger partial charge is 0.497 e. The molecule has 0 radical (unpaired) electrons. The first kappa shape index (κ1) is 16.1. The highest BCUT2D eigenvalue weighted by Crippen LogP contribution is 2.27. The number of ether oxygens (including phenoxy) is 2. The van der Waals surface area contributed by atoms with E-state index in [9.17, 15) is 9.90 Å². The molecule has 1 aromatic rings. The van der Waals surface area contributed by atoms with Gasteiger partial charge in [-0.1, -0.05) is 12.1 Å². The summed E-state index contributed by atoms with van der Waals surface area (Å²) in [4.78, 5) is 11.9. The van der Waals surface area contributed by atoms with Crippen LogP contribution in [0.3, 0.4) is 0 Å². The summed E-state index contributed by atoms with van der Waals surface area (Å²) in [6.07, 6.45) is 1.38. The molecule has 0 spiro atoms. The zero-order valence-electron chi connectivity index (χ0n) is 13.3. The molecule has 1 saturated heterocycles. The lowest BCUT2D eigenvalue weighted by atomic mass is 10.0. The summed E-state index contributed by atoms with van der Waals surface area (Å²) in [5, 5.41) is 16.1. The first-order chi connectivity index (χ1) is 11.2. The van der Waals surface area contributed by atoms with E-state index in [1.54, 1.807) is 7.11 Å². The molecule has 6 heteroatoms. The van der Waals surface area contributed by atoms with Gasteiger partial charge in [0.2, 0.25) is 0 Å². The highest BCUT2D eigenvalue weighted by molar-refractivity contribution is 5.67. The van der Waals surface area contributed by atoms with Crippen molar-refractivity contribution in [2.24, 2.45) is 5.92 Å². The van der Waals surface area contributed by atoms with Crippen LogP contribution in [-0.4, -0.2) is 49.6 Å². The molecule has 1 aliphatic carbocycles. The van der Waals surface area contributed by atoms with E-state index in [0.717, 1.165) is 11.3 Å². The topological polar surface area (TPSA) is 79.8 Å². The standard InChI is InChI=1S/C17H24N2O4/c1-22-13-6-4-11(5-7-13)8-14-16(15(20)10-18-14)23-17(21)19-9-12-2-3-12/h4-7,12,14-16,18,20H,2-3,8-10H2,1H3,(H,19,21)/t14-,15+,16+/m1/s1. The second-order valence-corrected chi connectivity index (χ2v) is 6.33. The molecule has 6 nitrogen and oxygen atoms in total. The number of carbonyl (C=O) groups excluding carboxylic acids is 1. The Morgan fingerprint density at radius 2 is 2.09 bits per heavy atom. The molecule has 23 heavy (non-hydrogen) atoms. The summed E-state index contributed by atoms with van der Waals surface area (Å²) < 4.78 is 10.6. The predicted molar refractivity (Wildman–Crippen MR) is 85.5 cm³/mol. The predicted octanol–water partition coefficient (Wildman–Crippen LogP) is 1.08. The normalized spacial score (nSPS) is 26.8. The van der Waals surface area contributed by atoms with Gasteiger partial charge in [0.15, 0.2) is 0 Å². The van der Waals surface area contributed by atoms with Crippen molar-refractivity contribution in [2.75, 3.05) is 20.2 Å². The molecule has 1 saturated carbocycles. The summed E-state index contributed by atoms with van der Waals surface area (Å²) in [7, 11) is 1.63. The molecule has 3 rings (SSSR count). The number of aliphatic hydroxyl groups is 1. The molecule has 0 aromatic heterocycles. The molecule has 0 bridgehead atoms. The van der Waals surface area contributed by atoms with E-state index >= 15 is 0 Å². The molecule has 1 amide bonds. The van der Waals surface area contributed by atoms with E-state index in [2.05, 4.69) is 10.6 Å². The lowest BCUT2D eigenvalue weighted by molar-refractivity contribution is 0.0189. The van der Waals surface area contributed by atoms with Crippen molar-refractivity contribution in [3.8, 4) is 5.75 Å². The number of rotatable bonds is 6. The molecule has 0 unspecified atom stereocenters. The van der Waals surface area contributed by atoms with E-state index in [0.29, 0.717) is 25.4 Å². The number of methoxy groups -OCH3 is 1. The maximum absolute atomic E-state index is 11.9. The SMILES string of the molecule is COc1ccc(C[C@H]2NC[C@H](O)[C@H]2OC(=O)NCC2CC2)cc1. The smallest absolute Gasteiger partial charge is 0.407 e. The molecular weight excluding hydrogens is 296 g/mol. The van der Waals surface area contributed by atoms with Crippen molar-refractivity contribution in [1.82, 2.24) is 10.6 Å². The summed E-state index contributed by atoms with van der Waals surface area (Å²) in [5.74, 6) is 1.41. The van der Waals surface area contributed by atoms with Gasteiger partial charge in [-0.2, -0.15) is 0 Å². The Kier molecular flexibility index (Phi) is 5.03. The van der Waals surface area contributed by atoms with E-state index in [4.69, 9.17) is 9.47 Å². The highest BCUT2D eigenvalue weighted by Gasteiger charge is 2.38. The van der Waals surface area contributed by atoms with Crippen LogP contribution in [0.4, 0.5) is 4.79 Å². The van der Waals surface area contributed by atoms with Crippen LogP contribution >= 0.6 is 0 Å². The van der Waals surface area contributed by atoms with Gasteiger partial charge in [0.25, 0.3) is 0 Å². The van der Waals surface area contributed by atoms with Crippen LogP contribution in [0.15, 0.2) is 24.3 Å². The third-order valence-electron chi connectivity index (χ3n) is 4.45. The maximum atomic E-state index is 11.9. The molecule has 3 N–H and O–H groups in total. The summed E-state index contributed by atoms with van der Waals surface area (Å²) in [5.41, 5.74) is 1.10. The van der Waals surface area contributed by atoms with E-state index in [-0.39, 0.29) is 6.04 Å². The lowest BCUT2D eigenvalue weighted by Crippen LogP contribution is -2.41. The Hall–Kier alpha value is -1.79. The highest BCUT2D eigenvalue weighted by atomic mass is 16.6. The van der Waals surface area contributed by atoms with Gasteiger partial charge in [-0.05, 0) is 42.9 Å². The average molecular weight is 320 g/mol. The van der Waals surface area contributed by atoms with Gasteiger partial charge < -0.3 is 25.2 Å². The number of carbonyl (C=O) groups is 1. The van der Waals surface area contributed by atoms with Gasteiger partial charge in [0, 0.05) is 13.1 Å². The van der Waals surface area contributed by atoms with Crippen LogP contribution in [0.2, 0.25) is 0 Å². The zero-order valence-corrected chi connectivity index (χ0v) is 13.3. The summed E-state index contributed by atoms with van der Waals surface area (Å²) >= 11 is 0. The Bertz CT molecular complexity index is 530. The first-order valence-corrected chi connectivity index (χ1v) is 8.14. The van der Waals surface area contributed by atoms with Gasteiger partial charge in [-0.25, -0.2) is 4.79 Å². The molecule has 1 aromatic carbocycles. The molecular formula is C17H24N2O4. The Morgan fingerprint density at radius 3 is 2.74 bits per heavy atom. The van der Waals surface area contributed by atoms with Crippen LogP contribution in [0.25, 0.3) is 0 Å². The second-order valence-electron chi connectivity index (χ2n) is 6.33. The monoisotopic (exact) mass is 320 g/mol. The van der Waals surface area contributed by atoms with E-state index < -0.39 is 18.3 Å². The van der Waals surface area contributed by atoms with Crippen LogP contribution in [0.1, 0.15) is 18.4 Å². The van der Waals surface area contributed by atoms with Gasteiger partial charge in [-0.15, -0.1) is 0 Å². The zero-order chi connectivity index (χ0) is 16.2. The number of nitrogens with one attached hydrogen (secondary N) is 2. The molecule has 3 atom stereocenters. The fourth-order valence-electron chi connectivity index (χ4n) is 2.85. The number of amides is 1. The van der Waals surface area contributed by atoms with Gasteiger partial charge >= 0.3 is 6.09 Å². The number of alkyl carbamates (subject to hydrolysis) is 1. The second kappa shape index (κ2) is 7.19. The fraction of sp³-hybridized carbons (Fsp3) is 0.588. The number of aliphatic hydroxyl groups excluding tert-OH is 1. The van der Waals surface area contributed by atoms with Crippen molar-refractivity contribution < 1.29 is 19.4 Å². The Labute approximate surface area is 136 Å². The van der Waals surface area contributed by atoms with Gasteiger partial charge in [-0.3, -0.25) is 0 Å². The van der Waals surface area contributed by atoms with Gasteiger partial charge in [0.05, 0.1) is 13.2 Å². The maximum Gasteiger partial charge on any atom is 0.407 e. The quantitative estimate of drug-likeness (QED) is 0.731. The minimum absolute atomic E-state index is 0.0925. The average Bonchev–Trinajstić information content (AvgIpc) is 3.34. The van der Waals surface area contributed by atoms with Crippen LogP contribution in [0, 0.1) is 5.92 Å². The summed E-state index contributed by atoms with van der Waals surface area (Å²) in [6, 6.07) is 7.67. The molecule has 1 heterocycles. The first-order valence-electron chi connectivity index (χ1n) is 8.14. The van der Waals surface area contributed by atoms with Crippen LogP contribution in [0.5, 0.6) is 5.75 Å². The van der Waals surface area contributed by atoms with E-state index in [1.807, 2.05) is 24.3 Å². The Morgan fingerprint density at radius 1 is 1.35 bits per heavy atom.